The maximum atomic E-state index is 4.34. The van der Waals surface area contributed by atoms with Gasteiger partial charge in [0.2, 0.25) is 0 Å². The van der Waals surface area contributed by atoms with E-state index in [1.807, 2.05) is 36.1 Å². The molecule has 0 atom stereocenters. The molecule has 0 N–H and O–H groups in total. The van der Waals surface area contributed by atoms with E-state index in [9.17, 15) is 0 Å². The van der Waals surface area contributed by atoms with Crippen LogP contribution in [0.2, 0.25) is 0 Å². The van der Waals surface area contributed by atoms with Crippen LogP contribution in [0.4, 0.5) is 5.82 Å². The summed E-state index contributed by atoms with van der Waals surface area (Å²) in [5.74, 6) is 2.63. The highest BCUT2D eigenvalue weighted by molar-refractivity contribution is 5.40. The monoisotopic (exact) mass is 325 g/mol. The summed E-state index contributed by atoms with van der Waals surface area (Å²) in [6.45, 7) is 4.61. The molecule has 0 aliphatic carbocycles. The Morgan fingerprint density at radius 3 is 2.42 bits per heavy atom. The molecule has 3 aromatic rings. The van der Waals surface area contributed by atoms with E-state index < -0.39 is 0 Å². The second-order valence-corrected chi connectivity index (χ2v) is 5.76. The van der Waals surface area contributed by atoms with Crippen molar-refractivity contribution in [2.45, 2.75) is 6.54 Å². The number of aromatic nitrogens is 7. The lowest BCUT2D eigenvalue weighted by molar-refractivity contribution is 0.240. The maximum Gasteiger partial charge on any atom is 0.175 e. The zero-order valence-corrected chi connectivity index (χ0v) is 13.5. The summed E-state index contributed by atoms with van der Waals surface area (Å²) in [6.07, 6.45) is 5.18. The van der Waals surface area contributed by atoms with Crippen molar-refractivity contribution in [2.24, 2.45) is 7.05 Å². The lowest BCUT2D eigenvalue weighted by Crippen LogP contribution is -2.46. The number of anilines is 1. The number of piperazine rings is 1. The number of rotatable bonds is 4. The minimum Gasteiger partial charge on any atom is -0.353 e. The predicted octanol–water partition coefficient (Wildman–Crippen LogP) is 0.113. The minimum absolute atomic E-state index is 0.727. The average molecular weight is 325 g/mol. The van der Waals surface area contributed by atoms with Crippen LogP contribution < -0.4 is 4.90 Å². The van der Waals surface area contributed by atoms with Gasteiger partial charge >= 0.3 is 0 Å². The molecule has 0 aromatic carbocycles. The van der Waals surface area contributed by atoms with Gasteiger partial charge in [0.05, 0.1) is 6.54 Å². The van der Waals surface area contributed by atoms with E-state index >= 15 is 0 Å². The zero-order chi connectivity index (χ0) is 16.4. The number of aryl methyl sites for hydroxylation is 1. The summed E-state index contributed by atoms with van der Waals surface area (Å²) < 4.78 is 3.53. The fraction of sp³-hybridized carbons (Fsp3) is 0.400. The second-order valence-electron chi connectivity index (χ2n) is 5.76. The Bertz CT molecular complexity index is 770. The first-order valence-electron chi connectivity index (χ1n) is 7.93. The van der Waals surface area contributed by atoms with Crippen molar-refractivity contribution < 1.29 is 0 Å². The van der Waals surface area contributed by atoms with Crippen LogP contribution in [0, 0.1) is 0 Å². The van der Waals surface area contributed by atoms with E-state index in [-0.39, 0.29) is 0 Å². The van der Waals surface area contributed by atoms with Gasteiger partial charge in [-0.15, -0.1) is 10.2 Å². The minimum atomic E-state index is 0.727. The molecule has 0 radical (unpaired) electrons. The number of hydrogen-bond donors (Lipinski definition) is 0. The van der Waals surface area contributed by atoms with E-state index in [0.29, 0.717) is 0 Å². The van der Waals surface area contributed by atoms with Crippen LogP contribution >= 0.6 is 0 Å². The van der Waals surface area contributed by atoms with Crippen LogP contribution in [-0.4, -0.2) is 65.8 Å². The molecule has 1 fully saturated rings. The lowest BCUT2D eigenvalue weighted by Gasteiger charge is -2.34. The molecule has 1 saturated heterocycles. The quantitative estimate of drug-likeness (QED) is 0.673. The highest BCUT2D eigenvalue weighted by atomic mass is 15.4. The molecule has 24 heavy (non-hydrogen) atoms. The molecule has 3 aromatic heterocycles. The number of hydrogen-bond acceptors (Lipinski definition) is 7. The van der Waals surface area contributed by atoms with Gasteiger partial charge in [0.15, 0.2) is 11.6 Å². The second kappa shape index (κ2) is 6.36. The Balaban J connectivity index is 1.36. The van der Waals surface area contributed by atoms with Crippen molar-refractivity contribution in [2.75, 3.05) is 31.1 Å². The molecule has 4 heterocycles. The lowest BCUT2D eigenvalue weighted by atomic mass is 10.3. The highest BCUT2D eigenvalue weighted by Crippen LogP contribution is 2.14. The molecule has 1 aliphatic rings. The fourth-order valence-electron chi connectivity index (χ4n) is 2.81. The van der Waals surface area contributed by atoms with Crippen LogP contribution in [0.3, 0.4) is 0 Å². The summed E-state index contributed by atoms with van der Waals surface area (Å²) in [6, 6.07) is 5.82. The van der Waals surface area contributed by atoms with E-state index in [1.165, 1.54) is 0 Å². The Morgan fingerprint density at radius 2 is 1.79 bits per heavy atom. The zero-order valence-electron chi connectivity index (χ0n) is 13.5. The average Bonchev–Trinajstić information content (AvgIpc) is 3.29. The van der Waals surface area contributed by atoms with Crippen LogP contribution in [-0.2, 0) is 13.6 Å². The van der Waals surface area contributed by atoms with Crippen LogP contribution in [0.1, 0.15) is 5.82 Å². The van der Waals surface area contributed by atoms with Gasteiger partial charge < -0.3 is 4.90 Å². The fourth-order valence-corrected chi connectivity index (χ4v) is 2.81. The summed E-state index contributed by atoms with van der Waals surface area (Å²) >= 11 is 0. The third-order valence-corrected chi connectivity index (χ3v) is 4.24. The van der Waals surface area contributed by atoms with E-state index in [2.05, 4.69) is 35.2 Å². The Kier molecular flexibility index (Phi) is 3.91. The largest absolute Gasteiger partial charge is 0.353 e. The van der Waals surface area contributed by atoms with Crippen molar-refractivity contribution in [1.29, 1.82) is 0 Å². The van der Waals surface area contributed by atoms with Gasteiger partial charge in [0.1, 0.15) is 12.2 Å². The summed E-state index contributed by atoms with van der Waals surface area (Å²) in [5, 5.41) is 16.9. The van der Waals surface area contributed by atoms with Gasteiger partial charge in [-0.2, -0.15) is 10.2 Å². The van der Waals surface area contributed by atoms with Gasteiger partial charge in [-0.3, -0.25) is 9.58 Å². The summed E-state index contributed by atoms with van der Waals surface area (Å²) in [4.78, 5) is 8.93. The van der Waals surface area contributed by atoms with Crippen LogP contribution in [0.5, 0.6) is 0 Å². The van der Waals surface area contributed by atoms with E-state index in [4.69, 9.17) is 0 Å². The molecule has 4 rings (SSSR count). The van der Waals surface area contributed by atoms with Crippen molar-refractivity contribution >= 4 is 5.82 Å². The smallest absolute Gasteiger partial charge is 0.175 e. The highest BCUT2D eigenvalue weighted by Gasteiger charge is 2.19. The van der Waals surface area contributed by atoms with Crippen LogP contribution in [0.25, 0.3) is 5.82 Å². The molecule has 0 unspecified atom stereocenters. The van der Waals surface area contributed by atoms with Gasteiger partial charge in [-0.05, 0) is 18.2 Å². The van der Waals surface area contributed by atoms with Crippen molar-refractivity contribution in [1.82, 2.24) is 39.6 Å². The van der Waals surface area contributed by atoms with Gasteiger partial charge in [-0.1, -0.05) is 0 Å². The maximum absolute atomic E-state index is 4.34. The molecule has 0 bridgehead atoms. The molecule has 0 saturated carbocycles. The first-order chi connectivity index (χ1) is 11.8. The third-order valence-electron chi connectivity index (χ3n) is 4.24. The van der Waals surface area contributed by atoms with Crippen molar-refractivity contribution in [3.8, 4) is 5.82 Å². The molecule has 0 spiro atoms. The SMILES string of the molecule is Cn1ncnc1CN1CCN(c2ccc(-n3cccn3)nn2)CC1. The van der Waals surface area contributed by atoms with Gasteiger partial charge in [0, 0.05) is 45.6 Å². The first-order valence-corrected chi connectivity index (χ1v) is 7.93. The molecule has 1 aliphatic heterocycles. The molecule has 9 heteroatoms. The van der Waals surface area contributed by atoms with Crippen LogP contribution in [0.15, 0.2) is 36.9 Å². The summed E-state index contributed by atoms with van der Waals surface area (Å²) in [5.41, 5.74) is 0. The van der Waals surface area contributed by atoms with E-state index in [1.54, 1.807) is 17.2 Å². The first kappa shape index (κ1) is 14.8. The Morgan fingerprint density at radius 1 is 1.00 bits per heavy atom. The summed E-state index contributed by atoms with van der Waals surface area (Å²) in [7, 11) is 1.93. The Labute approximate surface area is 139 Å². The molecule has 124 valence electrons. The normalized spacial score (nSPS) is 15.8. The Hall–Kier alpha value is -2.81. The molecular weight excluding hydrogens is 306 g/mol. The molecule has 0 amide bonds. The third kappa shape index (κ3) is 2.98. The van der Waals surface area contributed by atoms with Gasteiger partial charge in [0.25, 0.3) is 0 Å². The van der Waals surface area contributed by atoms with E-state index in [0.717, 1.165) is 50.2 Å². The predicted molar refractivity (Wildman–Crippen MR) is 87.6 cm³/mol. The molecule has 9 nitrogen and oxygen atoms in total. The van der Waals surface area contributed by atoms with Gasteiger partial charge in [-0.25, -0.2) is 9.67 Å². The van der Waals surface area contributed by atoms with Crippen molar-refractivity contribution in [3.05, 3.63) is 42.7 Å². The number of nitrogens with zero attached hydrogens (tertiary/aromatic N) is 9. The van der Waals surface area contributed by atoms with Crippen molar-refractivity contribution in [3.63, 3.8) is 0 Å². The molecular formula is C15H19N9. The standard InChI is InChI=1S/C15H19N9/c1-21-15(16-12-18-21)11-22-7-9-23(10-8-22)13-3-4-14(20-19-13)24-6-2-5-17-24/h2-6,12H,7-11H2,1H3. The topological polar surface area (TPSA) is 80.8 Å².